The fraction of sp³-hybridized carbons (Fsp3) is 0.364. The molecule has 0 bridgehead atoms. The second-order valence-corrected chi connectivity index (χ2v) is 10.6. The van der Waals surface area contributed by atoms with Crippen molar-refractivity contribution in [2.45, 2.75) is 43.4 Å². The van der Waals surface area contributed by atoms with Crippen LogP contribution in [0.1, 0.15) is 54.4 Å². The SMILES string of the molecule is Cc1ccccc1C(C)c1noc(C2CCN(S(=O)(=O)c3cccc(Br)c3)CC2)n1. The number of nitrogens with zero attached hydrogens (tertiary/aromatic N) is 3. The lowest BCUT2D eigenvalue weighted by Gasteiger charge is -2.29. The average molecular weight is 490 g/mol. The molecule has 4 rings (SSSR count). The molecule has 1 atom stereocenters. The van der Waals surface area contributed by atoms with Gasteiger partial charge in [-0.05, 0) is 49.1 Å². The van der Waals surface area contributed by atoms with Gasteiger partial charge in [0.25, 0.3) is 0 Å². The molecule has 0 radical (unpaired) electrons. The maximum atomic E-state index is 12.9. The van der Waals surface area contributed by atoms with E-state index in [1.165, 1.54) is 11.1 Å². The molecule has 1 fully saturated rings. The molecule has 158 valence electrons. The van der Waals surface area contributed by atoms with Crippen molar-refractivity contribution in [1.29, 1.82) is 0 Å². The van der Waals surface area contributed by atoms with Crippen molar-refractivity contribution in [1.82, 2.24) is 14.4 Å². The fourth-order valence-electron chi connectivity index (χ4n) is 3.92. The number of hydrogen-bond acceptors (Lipinski definition) is 5. The summed E-state index contributed by atoms with van der Waals surface area (Å²) in [6, 6.07) is 15.0. The molecule has 1 aromatic heterocycles. The molecule has 6 nitrogen and oxygen atoms in total. The Kier molecular flexibility index (Phi) is 6.09. The Labute approximate surface area is 185 Å². The summed E-state index contributed by atoms with van der Waals surface area (Å²) in [5.74, 6) is 1.39. The topological polar surface area (TPSA) is 76.3 Å². The number of aryl methyl sites for hydroxylation is 1. The normalized spacial score (nSPS) is 17.2. The van der Waals surface area contributed by atoms with Gasteiger partial charge in [-0.2, -0.15) is 9.29 Å². The summed E-state index contributed by atoms with van der Waals surface area (Å²) >= 11 is 3.34. The molecule has 1 saturated heterocycles. The Morgan fingerprint density at radius 3 is 2.57 bits per heavy atom. The summed E-state index contributed by atoms with van der Waals surface area (Å²) in [4.78, 5) is 4.96. The number of piperidine rings is 1. The third-order valence-electron chi connectivity index (χ3n) is 5.74. The van der Waals surface area contributed by atoms with Crippen molar-refractivity contribution in [2.75, 3.05) is 13.1 Å². The quantitative estimate of drug-likeness (QED) is 0.511. The van der Waals surface area contributed by atoms with E-state index >= 15 is 0 Å². The summed E-state index contributed by atoms with van der Waals surface area (Å²) < 4.78 is 33.7. The largest absolute Gasteiger partial charge is 0.339 e. The van der Waals surface area contributed by atoms with Gasteiger partial charge in [-0.3, -0.25) is 0 Å². The van der Waals surface area contributed by atoms with E-state index in [0.717, 1.165) is 4.47 Å². The summed E-state index contributed by atoms with van der Waals surface area (Å²) in [7, 11) is -3.50. The summed E-state index contributed by atoms with van der Waals surface area (Å²) in [5.41, 5.74) is 2.38. The molecule has 1 unspecified atom stereocenters. The van der Waals surface area contributed by atoms with Crippen LogP contribution >= 0.6 is 15.9 Å². The van der Waals surface area contributed by atoms with Crippen molar-refractivity contribution < 1.29 is 12.9 Å². The smallest absolute Gasteiger partial charge is 0.243 e. The third-order valence-corrected chi connectivity index (χ3v) is 8.12. The van der Waals surface area contributed by atoms with E-state index in [4.69, 9.17) is 4.52 Å². The van der Waals surface area contributed by atoms with Crippen LogP contribution in [0, 0.1) is 6.92 Å². The van der Waals surface area contributed by atoms with E-state index in [9.17, 15) is 8.42 Å². The Balaban J connectivity index is 1.44. The zero-order valence-corrected chi connectivity index (χ0v) is 19.4. The molecular formula is C22H24BrN3O3S. The molecule has 0 aliphatic carbocycles. The molecule has 30 heavy (non-hydrogen) atoms. The minimum Gasteiger partial charge on any atom is -0.339 e. The first kappa shape index (κ1) is 21.2. The first-order chi connectivity index (χ1) is 14.4. The van der Waals surface area contributed by atoms with Crippen LogP contribution in [-0.4, -0.2) is 36.0 Å². The highest BCUT2D eigenvalue weighted by molar-refractivity contribution is 9.10. The van der Waals surface area contributed by atoms with Gasteiger partial charge in [0.1, 0.15) is 0 Å². The molecule has 0 N–H and O–H groups in total. The molecule has 0 amide bonds. The summed E-state index contributed by atoms with van der Waals surface area (Å²) in [6.07, 6.45) is 1.32. The minimum absolute atomic E-state index is 0.0423. The van der Waals surface area contributed by atoms with Crippen LogP contribution in [0.15, 0.2) is 62.4 Å². The number of halogens is 1. The lowest BCUT2D eigenvalue weighted by Crippen LogP contribution is -2.37. The van der Waals surface area contributed by atoms with Crippen molar-refractivity contribution in [3.8, 4) is 0 Å². The maximum Gasteiger partial charge on any atom is 0.243 e. The second-order valence-electron chi connectivity index (χ2n) is 7.70. The van der Waals surface area contributed by atoms with E-state index in [-0.39, 0.29) is 11.8 Å². The number of sulfonamides is 1. The van der Waals surface area contributed by atoms with Crippen LogP contribution < -0.4 is 0 Å². The predicted octanol–water partition coefficient (Wildman–Crippen LogP) is 4.86. The van der Waals surface area contributed by atoms with Crippen LogP contribution in [-0.2, 0) is 10.0 Å². The third kappa shape index (κ3) is 4.22. The van der Waals surface area contributed by atoms with E-state index in [1.54, 1.807) is 22.5 Å². The average Bonchev–Trinajstić information content (AvgIpc) is 3.24. The molecule has 0 spiro atoms. The van der Waals surface area contributed by atoms with Gasteiger partial charge in [0.05, 0.1) is 4.90 Å². The van der Waals surface area contributed by atoms with Gasteiger partial charge in [0.15, 0.2) is 5.82 Å². The van der Waals surface area contributed by atoms with E-state index < -0.39 is 10.0 Å². The second kappa shape index (κ2) is 8.61. The molecule has 1 aliphatic rings. The molecule has 1 aliphatic heterocycles. The Morgan fingerprint density at radius 2 is 1.87 bits per heavy atom. The lowest BCUT2D eigenvalue weighted by atomic mass is 9.95. The molecular weight excluding hydrogens is 466 g/mol. The van der Waals surface area contributed by atoms with Gasteiger partial charge in [-0.15, -0.1) is 0 Å². The Hall–Kier alpha value is -2.03. The highest BCUT2D eigenvalue weighted by Crippen LogP contribution is 2.32. The van der Waals surface area contributed by atoms with E-state index in [2.05, 4.69) is 52.1 Å². The van der Waals surface area contributed by atoms with Gasteiger partial charge in [-0.25, -0.2) is 8.42 Å². The number of hydrogen-bond donors (Lipinski definition) is 0. The molecule has 2 heterocycles. The van der Waals surface area contributed by atoms with Crippen molar-refractivity contribution in [3.05, 3.63) is 75.8 Å². The number of benzene rings is 2. The first-order valence-electron chi connectivity index (χ1n) is 10.0. The fourth-order valence-corrected chi connectivity index (χ4v) is 5.99. The van der Waals surface area contributed by atoms with E-state index in [1.807, 2.05) is 18.2 Å². The highest BCUT2D eigenvalue weighted by atomic mass is 79.9. The van der Waals surface area contributed by atoms with Crippen LogP contribution in [0.25, 0.3) is 0 Å². The monoisotopic (exact) mass is 489 g/mol. The van der Waals surface area contributed by atoms with Gasteiger partial charge >= 0.3 is 0 Å². The van der Waals surface area contributed by atoms with Gasteiger partial charge in [0, 0.05) is 29.4 Å². The zero-order chi connectivity index (χ0) is 21.3. The van der Waals surface area contributed by atoms with Gasteiger partial charge in [0.2, 0.25) is 15.9 Å². The standard InChI is InChI=1S/C22H24BrN3O3S/c1-15-6-3-4-9-20(15)16(2)21-24-22(29-25-21)17-10-12-26(13-11-17)30(27,28)19-8-5-7-18(23)14-19/h3-9,14,16-17H,10-13H2,1-2H3. The number of aromatic nitrogens is 2. The molecule has 0 saturated carbocycles. The molecule has 8 heteroatoms. The first-order valence-corrected chi connectivity index (χ1v) is 12.2. The van der Waals surface area contributed by atoms with Crippen molar-refractivity contribution in [2.24, 2.45) is 0 Å². The molecule has 2 aromatic carbocycles. The van der Waals surface area contributed by atoms with Crippen LogP contribution in [0.3, 0.4) is 0 Å². The van der Waals surface area contributed by atoms with Crippen LogP contribution in [0.4, 0.5) is 0 Å². The highest BCUT2D eigenvalue weighted by Gasteiger charge is 2.32. The number of rotatable bonds is 5. The Bertz CT molecular complexity index is 1140. The van der Waals surface area contributed by atoms with Gasteiger partial charge in [-0.1, -0.05) is 58.3 Å². The van der Waals surface area contributed by atoms with Crippen LogP contribution in [0.2, 0.25) is 0 Å². The predicted molar refractivity (Wildman–Crippen MR) is 118 cm³/mol. The minimum atomic E-state index is -3.50. The van der Waals surface area contributed by atoms with Crippen LogP contribution in [0.5, 0.6) is 0 Å². The van der Waals surface area contributed by atoms with Crippen molar-refractivity contribution >= 4 is 26.0 Å². The lowest BCUT2D eigenvalue weighted by molar-refractivity contribution is 0.270. The molecule has 3 aromatic rings. The van der Waals surface area contributed by atoms with E-state index in [0.29, 0.717) is 42.5 Å². The summed E-state index contributed by atoms with van der Waals surface area (Å²) in [6.45, 7) is 5.02. The zero-order valence-electron chi connectivity index (χ0n) is 17.0. The Morgan fingerprint density at radius 1 is 1.13 bits per heavy atom. The van der Waals surface area contributed by atoms with Crippen molar-refractivity contribution in [3.63, 3.8) is 0 Å². The maximum absolute atomic E-state index is 12.9. The summed E-state index contributed by atoms with van der Waals surface area (Å²) in [5, 5.41) is 4.21. The van der Waals surface area contributed by atoms with Gasteiger partial charge < -0.3 is 4.52 Å².